The summed E-state index contributed by atoms with van der Waals surface area (Å²) in [6.45, 7) is 2.89. The molecule has 0 aromatic carbocycles. The Labute approximate surface area is 164 Å². The second-order valence-electron chi connectivity index (χ2n) is 6.99. The first-order chi connectivity index (χ1) is 13.2. The second-order valence-corrected chi connectivity index (χ2v) is 6.99. The van der Waals surface area contributed by atoms with E-state index in [-0.39, 0.29) is 31.9 Å². The Morgan fingerprint density at radius 2 is 0.750 bits per heavy atom. The molecular weight excluding hydrogens is 371 g/mol. The number of hydrogen-bond acceptors (Lipinski definition) is 8. The fourth-order valence-electron chi connectivity index (χ4n) is 3.10. The van der Waals surface area contributed by atoms with E-state index in [4.69, 9.17) is 15.3 Å². The van der Waals surface area contributed by atoms with Crippen molar-refractivity contribution < 1.29 is 34.5 Å². The maximum atomic E-state index is 11.5. The highest BCUT2D eigenvalue weighted by molar-refractivity contribution is 6.58. The van der Waals surface area contributed by atoms with E-state index >= 15 is 0 Å². The zero-order chi connectivity index (χ0) is 21.1. The molecule has 0 aromatic rings. The van der Waals surface area contributed by atoms with Gasteiger partial charge in [0.1, 0.15) is 0 Å². The summed E-state index contributed by atoms with van der Waals surface area (Å²) < 4.78 is 0. The van der Waals surface area contributed by atoms with Gasteiger partial charge in [0, 0.05) is 58.9 Å². The first kappa shape index (κ1) is 24.0. The first-order valence-corrected chi connectivity index (χ1v) is 9.20. The third-order valence-electron chi connectivity index (χ3n) is 4.45. The van der Waals surface area contributed by atoms with Gasteiger partial charge in [0.15, 0.2) is 7.85 Å². The minimum atomic E-state index is -0.991. The summed E-state index contributed by atoms with van der Waals surface area (Å²) in [6, 6.07) is 0. The summed E-state index contributed by atoms with van der Waals surface area (Å²) in [5.41, 5.74) is -0.0192. The molecule has 0 unspecified atom stereocenters. The van der Waals surface area contributed by atoms with Crippen LogP contribution in [0, 0.1) is 0 Å². The largest absolute Gasteiger partial charge is 0.480 e. The molecule has 0 radical (unpaired) electrons. The van der Waals surface area contributed by atoms with Crippen molar-refractivity contribution in [3.8, 4) is 0 Å². The minimum absolute atomic E-state index is 0.0192. The molecule has 1 heterocycles. The maximum Gasteiger partial charge on any atom is 0.317 e. The molecule has 12 heteroatoms. The van der Waals surface area contributed by atoms with Gasteiger partial charge in [-0.1, -0.05) is 0 Å². The van der Waals surface area contributed by atoms with Crippen LogP contribution in [-0.4, -0.2) is 145 Å². The Balaban J connectivity index is 2.90. The lowest BCUT2D eigenvalue weighted by molar-refractivity contribution is -0.140. The van der Waals surface area contributed by atoms with Gasteiger partial charge in [-0.05, 0) is 0 Å². The molecule has 158 valence electrons. The number of hydrogen-bond donors (Lipinski definition) is 3. The van der Waals surface area contributed by atoms with Crippen molar-refractivity contribution in [1.82, 2.24) is 19.6 Å². The monoisotopic (exact) mass is 400 g/mol. The van der Waals surface area contributed by atoms with Crippen molar-refractivity contribution >= 4 is 31.4 Å². The van der Waals surface area contributed by atoms with E-state index in [2.05, 4.69) is 0 Å². The molecule has 1 fully saturated rings. The highest BCUT2D eigenvalue weighted by atomic mass is 16.4. The number of carboxylic acids is 3. The van der Waals surface area contributed by atoms with Crippen LogP contribution < -0.4 is 0 Å². The van der Waals surface area contributed by atoms with Crippen LogP contribution in [0.25, 0.3) is 0 Å². The van der Waals surface area contributed by atoms with Crippen LogP contribution in [-0.2, 0) is 19.2 Å². The molecule has 1 saturated heterocycles. The Morgan fingerprint density at radius 3 is 0.929 bits per heavy atom. The summed E-state index contributed by atoms with van der Waals surface area (Å²) in [7, 11) is 1.48. The van der Waals surface area contributed by atoms with Crippen molar-refractivity contribution in [3.63, 3.8) is 0 Å². The van der Waals surface area contributed by atoms with Gasteiger partial charge in [0.25, 0.3) is 0 Å². The molecule has 0 aliphatic carbocycles. The van der Waals surface area contributed by atoms with Crippen LogP contribution in [0.15, 0.2) is 0 Å². The third kappa shape index (κ3) is 11.0. The summed E-state index contributed by atoms with van der Waals surface area (Å²) in [4.78, 5) is 51.9. The van der Waals surface area contributed by atoms with Gasteiger partial charge in [0.2, 0.25) is 0 Å². The Kier molecular flexibility index (Phi) is 10.7. The van der Waals surface area contributed by atoms with Gasteiger partial charge in [0.05, 0.1) is 25.3 Å². The number of rotatable bonds is 8. The number of aliphatic carboxylic acids is 3. The smallest absolute Gasteiger partial charge is 0.317 e. The number of nitrogens with zero attached hydrogens (tertiary/aromatic N) is 4. The van der Waals surface area contributed by atoms with Gasteiger partial charge in [-0.15, -0.1) is 0 Å². The SMILES string of the molecule is BC(=O)CN1CCN(CC(=O)O)CCN(CC(=O)O)CCN(CC(=O)O)CC1. The van der Waals surface area contributed by atoms with Crippen LogP contribution in [0.1, 0.15) is 0 Å². The van der Waals surface area contributed by atoms with Gasteiger partial charge >= 0.3 is 17.9 Å². The standard InChI is InChI=1S/C16H29BN4O7/c17-13(22)9-18-1-3-19(10-14(23)24)5-7-21(12-16(27)28)8-6-20(4-2-18)11-15(25)26/h1-12,17H2,(H,23,24)(H,25,26)(H,27,28). The summed E-state index contributed by atoms with van der Waals surface area (Å²) >= 11 is 0. The quantitative estimate of drug-likeness (QED) is 0.351. The molecule has 0 spiro atoms. The zero-order valence-electron chi connectivity index (χ0n) is 16.2. The molecular formula is C16H29BN4O7. The molecule has 28 heavy (non-hydrogen) atoms. The van der Waals surface area contributed by atoms with E-state index in [1.54, 1.807) is 14.7 Å². The summed E-state index contributed by atoms with van der Waals surface area (Å²) in [6.07, 6.45) is 0. The maximum absolute atomic E-state index is 11.5. The fraction of sp³-hybridized carbons (Fsp3) is 0.750. The van der Waals surface area contributed by atoms with Crippen LogP contribution in [0.4, 0.5) is 0 Å². The normalized spacial score (nSPS) is 19.4. The van der Waals surface area contributed by atoms with Crippen molar-refractivity contribution in [2.45, 2.75) is 0 Å². The van der Waals surface area contributed by atoms with E-state index in [9.17, 15) is 19.2 Å². The lowest BCUT2D eigenvalue weighted by Crippen LogP contribution is -2.49. The topological polar surface area (TPSA) is 142 Å². The Morgan fingerprint density at radius 1 is 0.536 bits per heavy atom. The molecule has 0 saturated carbocycles. The Hall–Kier alpha value is -2.02. The van der Waals surface area contributed by atoms with Gasteiger partial charge < -0.3 is 20.1 Å². The minimum Gasteiger partial charge on any atom is -0.480 e. The molecule has 1 aliphatic rings. The molecule has 1 rings (SSSR count). The average molecular weight is 400 g/mol. The highest BCUT2D eigenvalue weighted by Crippen LogP contribution is 2.01. The zero-order valence-corrected chi connectivity index (χ0v) is 16.2. The predicted octanol–water partition coefficient (Wildman–Crippen LogP) is -3.38. The van der Waals surface area contributed by atoms with E-state index in [0.717, 1.165) is 0 Å². The van der Waals surface area contributed by atoms with Gasteiger partial charge in [-0.2, -0.15) is 0 Å². The van der Waals surface area contributed by atoms with Crippen molar-refractivity contribution in [2.75, 3.05) is 78.5 Å². The third-order valence-corrected chi connectivity index (χ3v) is 4.45. The van der Waals surface area contributed by atoms with Crippen LogP contribution in [0.3, 0.4) is 0 Å². The lowest BCUT2D eigenvalue weighted by atomic mass is 10.0. The van der Waals surface area contributed by atoms with E-state index in [1.807, 2.05) is 4.90 Å². The van der Waals surface area contributed by atoms with E-state index in [1.165, 1.54) is 7.85 Å². The van der Waals surface area contributed by atoms with E-state index in [0.29, 0.717) is 52.4 Å². The van der Waals surface area contributed by atoms with Gasteiger partial charge in [-0.25, -0.2) is 0 Å². The molecule has 0 atom stereocenters. The van der Waals surface area contributed by atoms with Crippen LogP contribution in [0.2, 0.25) is 0 Å². The van der Waals surface area contributed by atoms with Crippen molar-refractivity contribution in [3.05, 3.63) is 0 Å². The van der Waals surface area contributed by atoms with Crippen molar-refractivity contribution in [2.24, 2.45) is 0 Å². The molecule has 11 nitrogen and oxygen atoms in total. The predicted molar refractivity (Wildman–Crippen MR) is 102 cm³/mol. The van der Waals surface area contributed by atoms with Crippen LogP contribution in [0.5, 0.6) is 0 Å². The Bertz CT molecular complexity index is 451. The first-order valence-electron chi connectivity index (χ1n) is 9.20. The highest BCUT2D eigenvalue weighted by Gasteiger charge is 2.20. The molecule has 0 amide bonds. The number of carbonyl (C=O) groups excluding carboxylic acids is 1. The summed E-state index contributed by atoms with van der Waals surface area (Å²) in [5, 5.41) is 27.3. The van der Waals surface area contributed by atoms with Gasteiger partial charge in [-0.3, -0.25) is 34.0 Å². The van der Waals surface area contributed by atoms with Crippen LogP contribution >= 0.6 is 0 Å². The lowest BCUT2D eigenvalue weighted by Gasteiger charge is -2.32. The summed E-state index contributed by atoms with van der Waals surface area (Å²) in [5.74, 6) is -2.93. The molecule has 0 aromatic heterocycles. The second kappa shape index (κ2) is 12.4. The number of carboxylic acid groups (broad SMARTS) is 3. The molecule has 1 aliphatic heterocycles. The number of carbonyl (C=O) groups is 4. The van der Waals surface area contributed by atoms with Crippen molar-refractivity contribution in [1.29, 1.82) is 0 Å². The average Bonchev–Trinajstić information content (AvgIpc) is 2.55. The van der Waals surface area contributed by atoms with E-state index < -0.39 is 17.9 Å². The molecule has 3 N–H and O–H groups in total. The molecule has 0 bridgehead atoms. The fourth-order valence-corrected chi connectivity index (χ4v) is 3.10.